The standard InChI is InChI=1S/C18H24FN/c1-3-13(2)18-17-7-5-4-6-14(17)12-20(18)16-10-8-15(19)9-11-16/h5,7-11,13-14,17-18H,3-4,6,12H2,1-2H3. The third kappa shape index (κ3) is 2.36. The third-order valence-electron chi connectivity index (χ3n) is 5.18. The van der Waals surface area contributed by atoms with E-state index >= 15 is 0 Å². The summed E-state index contributed by atoms with van der Waals surface area (Å²) in [5.41, 5.74) is 1.18. The number of benzene rings is 1. The molecule has 1 saturated heterocycles. The number of nitrogens with zero attached hydrogens (tertiary/aromatic N) is 1. The largest absolute Gasteiger partial charge is 0.367 e. The first-order valence-electron chi connectivity index (χ1n) is 7.89. The molecule has 0 bridgehead atoms. The molecule has 108 valence electrons. The van der Waals surface area contributed by atoms with Gasteiger partial charge in [0.15, 0.2) is 0 Å². The zero-order chi connectivity index (χ0) is 14.1. The fraction of sp³-hybridized carbons (Fsp3) is 0.556. The Morgan fingerprint density at radius 2 is 2.05 bits per heavy atom. The molecule has 0 aromatic heterocycles. The van der Waals surface area contributed by atoms with E-state index in [2.05, 4.69) is 30.9 Å². The Kier molecular flexibility index (Phi) is 3.82. The summed E-state index contributed by atoms with van der Waals surface area (Å²) in [6, 6.07) is 7.60. The Morgan fingerprint density at radius 1 is 1.30 bits per heavy atom. The molecule has 1 nitrogen and oxygen atoms in total. The van der Waals surface area contributed by atoms with Crippen LogP contribution in [-0.4, -0.2) is 12.6 Å². The molecule has 3 rings (SSSR count). The van der Waals surface area contributed by atoms with E-state index in [1.54, 1.807) is 12.1 Å². The quantitative estimate of drug-likeness (QED) is 0.725. The molecule has 1 aromatic carbocycles. The highest BCUT2D eigenvalue weighted by Gasteiger charge is 2.42. The van der Waals surface area contributed by atoms with Crippen molar-refractivity contribution in [3.8, 4) is 0 Å². The Hall–Kier alpha value is -1.31. The van der Waals surface area contributed by atoms with Crippen LogP contribution in [0.15, 0.2) is 36.4 Å². The smallest absolute Gasteiger partial charge is 0.123 e. The minimum absolute atomic E-state index is 0.148. The van der Waals surface area contributed by atoms with Gasteiger partial charge in [-0.3, -0.25) is 0 Å². The van der Waals surface area contributed by atoms with Crippen molar-refractivity contribution in [1.29, 1.82) is 0 Å². The van der Waals surface area contributed by atoms with Crippen LogP contribution >= 0.6 is 0 Å². The summed E-state index contributed by atoms with van der Waals surface area (Å²) in [4.78, 5) is 2.53. The lowest BCUT2D eigenvalue weighted by atomic mass is 9.79. The minimum atomic E-state index is -0.148. The van der Waals surface area contributed by atoms with Crippen LogP contribution in [0, 0.1) is 23.6 Å². The number of hydrogen-bond donors (Lipinski definition) is 0. The maximum Gasteiger partial charge on any atom is 0.123 e. The van der Waals surface area contributed by atoms with Crippen LogP contribution in [0.3, 0.4) is 0 Å². The summed E-state index contributed by atoms with van der Waals surface area (Å²) in [6.45, 7) is 5.75. The topological polar surface area (TPSA) is 3.24 Å². The Morgan fingerprint density at radius 3 is 2.75 bits per heavy atom. The van der Waals surface area contributed by atoms with Gasteiger partial charge < -0.3 is 4.90 Å². The van der Waals surface area contributed by atoms with Gasteiger partial charge in [-0.05, 0) is 48.9 Å². The molecule has 4 unspecified atom stereocenters. The van der Waals surface area contributed by atoms with Gasteiger partial charge in [-0.25, -0.2) is 4.39 Å². The van der Waals surface area contributed by atoms with Crippen LogP contribution in [-0.2, 0) is 0 Å². The van der Waals surface area contributed by atoms with E-state index in [9.17, 15) is 4.39 Å². The maximum absolute atomic E-state index is 13.2. The summed E-state index contributed by atoms with van der Waals surface area (Å²) < 4.78 is 13.2. The number of hydrogen-bond acceptors (Lipinski definition) is 1. The van der Waals surface area contributed by atoms with Gasteiger partial charge in [-0.15, -0.1) is 0 Å². The van der Waals surface area contributed by atoms with Crippen LogP contribution < -0.4 is 4.90 Å². The lowest BCUT2D eigenvalue weighted by Crippen LogP contribution is -2.37. The number of allylic oxidation sites excluding steroid dienone is 1. The predicted octanol–water partition coefficient (Wildman–Crippen LogP) is 4.64. The van der Waals surface area contributed by atoms with Crippen molar-refractivity contribution in [3.05, 3.63) is 42.2 Å². The van der Waals surface area contributed by atoms with Crippen LogP contribution in [0.2, 0.25) is 0 Å². The molecular weight excluding hydrogens is 249 g/mol. The normalized spacial score (nSPS) is 30.4. The van der Waals surface area contributed by atoms with Crippen molar-refractivity contribution in [2.45, 2.75) is 39.2 Å². The molecule has 1 aliphatic carbocycles. The van der Waals surface area contributed by atoms with E-state index in [4.69, 9.17) is 0 Å². The lowest BCUT2D eigenvalue weighted by molar-refractivity contribution is 0.334. The second-order valence-electron chi connectivity index (χ2n) is 6.35. The zero-order valence-corrected chi connectivity index (χ0v) is 12.4. The first-order valence-corrected chi connectivity index (χ1v) is 7.89. The van der Waals surface area contributed by atoms with Gasteiger partial charge in [0, 0.05) is 24.2 Å². The van der Waals surface area contributed by atoms with Crippen LogP contribution in [0.1, 0.15) is 33.1 Å². The van der Waals surface area contributed by atoms with Crippen molar-refractivity contribution in [2.24, 2.45) is 17.8 Å². The SMILES string of the molecule is CCC(C)C1C2C=CCCC2CN1c1ccc(F)cc1. The second-order valence-corrected chi connectivity index (χ2v) is 6.35. The highest BCUT2D eigenvalue weighted by Crippen LogP contribution is 2.42. The first-order chi connectivity index (χ1) is 9.70. The van der Waals surface area contributed by atoms with Gasteiger partial charge in [0.05, 0.1) is 0 Å². The summed E-state index contributed by atoms with van der Waals surface area (Å²) in [7, 11) is 0. The maximum atomic E-state index is 13.2. The second kappa shape index (κ2) is 5.59. The molecule has 4 atom stereocenters. The predicted molar refractivity (Wildman–Crippen MR) is 82.3 cm³/mol. The molecule has 20 heavy (non-hydrogen) atoms. The van der Waals surface area contributed by atoms with Gasteiger partial charge in [-0.2, -0.15) is 0 Å². The summed E-state index contributed by atoms with van der Waals surface area (Å²) in [5.74, 6) is 1.95. The van der Waals surface area contributed by atoms with E-state index in [1.807, 2.05) is 12.1 Å². The van der Waals surface area contributed by atoms with Gasteiger partial charge in [0.25, 0.3) is 0 Å². The van der Waals surface area contributed by atoms with Gasteiger partial charge >= 0.3 is 0 Å². The molecule has 2 aliphatic rings. The van der Waals surface area contributed by atoms with E-state index < -0.39 is 0 Å². The summed E-state index contributed by atoms with van der Waals surface area (Å²) >= 11 is 0. The van der Waals surface area contributed by atoms with E-state index in [0.717, 1.165) is 12.5 Å². The fourth-order valence-electron chi connectivity index (χ4n) is 3.94. The zero-order valence-electron chi connectivity index (χ0n) is 12.4. The average molecular weight is 273 g/mol. The monoisotopic (exact) mass is 273 g/mol. The fourth-order valence-corrected chi connectivity index (χ4v) is 3.94. The molecule has 0 amide bonds. The summed E-state index contributed by atoms with van der Waals surface area (Å²) in [6.07, 6.45) is 8.50. The third-order valence-corrected chi connectivity index (χ3v) is 5.18. The van der Waals surface area contributed by atoms with Gasteiger partial charge in [-0.1, -0.05) is 32.4 Å². The Bertz CT molecular complexity index is 479. The minimum Gasteiger partial charge on any atom is -0.367 e. The lowest BCUT2D eigenvalue weighted by Gasteiger charge is -2.34. The molecule has 0 saturated carbocycles. The Balaban J connectivity index is 1.92. The molecule has 1 fully saturated rings. The molecule has 1 aromatic rings. The number of anilines is 1. The molecule has 0 spiro atoms. The van der Waals surface area contributed by atoms with Crippen LogP contribution in [0.25, 0.3) is 0 Å². The first kappa shape index (κ1) is 13.7. The van der Waals surface area contributed by atoms with Crippen LogP contribution in [0.4, 0.5) is 10.1 Å². The number of halogens is 1. The summed E-state index contributed by atoms with van der Waals surface area (Å²) in [5, 5.41) is 0. The average Bonchev–Trinajstić information content (AvgIpc) is 2.86. The van der Waals surface area contributed by atoms with Gasteiger partial charge in [0.1, 0.15) is 5.82 Å². The van der Waals surface area contributed by atoms with Crippen molar-refractivity contribution in [1.82, 2.24) is 0 Å². The Labute approximate surface area is 121 Å². The highest BCUT2D eigenvalue weighted by molar-refractivity contribution is 5.50. The van der Waals surface area contributed by atoms with Gasteiger partial charge in [0.2, 0.25) is 0 Å². The number of rotatable bonds is 3. The molecule has 0 radical (unpaired) electrons. The van der Waals surface area contributed by atoms with Crippen molar-refractivity contribution in [3.63, 3.8) is 0 Å². The van der Waals surface area contributed by atoms with E-state index in [1.165, 1.54) is 24.9 Å². The van der Waals surface area contributed by atoms with E-state index in [-0.39, 0.29) is 5.82 Å². The molecule has 1 aliphatic heterocycles. The molecule has 1 heterocycles. The van der Waals surface area contributed by atoms with E-state index in [0.29, 0.717) is 17.9 Å². The van der Waals surface area contributed by atoms with Crippen molar-refractivity contribution in [2.75, 3.05) is 11.4 Å². The van der Waals surface area contributed by atoms with Crippen LogP contribution in [0.5, 0.6) is 0 Å². The molecule has 0 N–H and O–H groups in total. The van der Waals surface area contributed by atoms with Crippen molar-refractivity contribution >= 4 is 5.69 Å². The molecule has 2 heteroatoms. The molecular formula is C18H24FN. The van der Waals surface area contributed by atoms with Crippen molar-refractivity contribution < 1.29 is 4.39 Å². The highest BCUT2D eigenvalue weighted by atomic mass is 19.1. The number of fused-ring (bicyclic) bond motifs is 1.